The molecule has 71 heavy (non-hydrogen) atoms. The highest BCUT2D eigenvalue weighted by molar-refractivity contribution is 8.00. The molecule has 2 N–H and O–H groups in total. The number of carbonyl (C=O) groups is 5. The number of ketones is 3. The average Bonchev–Trinajstić information content (AvgIpc) is 3.34. The number of nitrogens with zero attached hydrogens (tertiary/aromatic N) is 1. The maximum Gasteiger partial charge on any atom is 0.329 e. The van der Waals surface area contributed by atoms with Crippen molar-refractivity contribution in [2.45, 2.75) is 199 Å². The van der Waals surface area contributed by atoms with Gasteiger partial charge >= 0.3 is 5.97 Å². The molecule has 1 aliphatic carbocycles. The molecule has 5 aliphatic rings. The third-order valence-electron chi connectivity index (χ3n) is 16.0. The van der Waals surface area contributed by atoms with Crippen molar-refractivity contribution in [2.24, 2.45) is 35.5 Å². The minimum Gasteiger partial charge on any atom is -0.460 e. The summed E-state index contributed by atoms with van der Waals surface area (Å²) in [6.07, 6.45) is 14.0. The van der Waals surface area contributed by atoms with E-state index in [-0.39, 0.29) is 60.6 Å². The van der Waals surface area contributed by atoms with E-state index in [0.29, 0.717) is 56.4 Å². The summed E-state index contributed by atoms with van der Waals surface area (Å²) in [7, 11) is 4.72. The van der Waals surface area contributed by atoms with Gasteiger partial charge < -0.3 is 43.5 Å². The summed E-state index contributed by atoms with van der Waals surface area (Å²) in [5.74, 6) is -5.58. The van der Waals surface area contributed by atoms with Gasteiger partial charge in [0.15, 0.2) is 5.78 Å². The number of methoxy groups -OCH3 is 3. The molecule has 0 aromatic carbocycles. The first-order valence-electron chi connectivity index (χ1n) is 26.4. The van der Waals surface area contributed by atoms with Crippen molar-refractivity contribution in [1.29, 1.82) is 0 Å². The maximum absolute atomic E-state index is 14.5. The third-order valence-corrected chi connectivity index (χ3v) is 17.7. The Labute approximate surface area is 428 Å². The zero-order valence-corrected chi connectivity index (χ0v) is 45.4. The highest BCUT2D eigenvalue weighted by Crippen LogP contribution is 2.40. The molecule has 0 aromatic heterocycles. The Morgan fingerprint density at radius 1 is 0.859 bits per heavy atom. The molecule has 15 heteroatoms. The number of rotatable bonds is 9. The first kappa shape index (κ1) is 58.9. The summed E-state index contributed by atoms with van der Waals surface area (Å²) in [6.45, 7) is 15.1. The lowest BCUT2D eigenvalue weighted by molar-refractivity contribution is -0.265. The molecule has 400 valence electrons. The molecule has 2 bridgehead atoms. The summed E-state index contributed by atoms with van der Waals surface area (Å²) in [4.78, 5) is 72.4. The van der Waals surface area contributed by atoms with Gasteiger partial charge in [-0.05, 0) is 120 Å². The fraction of sp³-hybridized carbons (Fsp3) is 0.768. The molecule has 15 atom stereocenters. The SMILES string of the molecule is CO[C@H]1C[C@@H]2CC[C@@H](C)[C@@](O)(O2)C(=O)C(=O)N2CCCC[C@H]2C(=O)O[C@H]([C@H](C)CC[C@@H]2CC[C@@H](OC3(C)CSC3)[C@H](OC)C2)CC(=O)[C@H](C)/C=C(\C)[C@@H](O)[C@@H](OC)C(=O)[C@H](C)C[C@H](C)/C=C/C=C/C=C/1C. The van der Waals surface area contributed by atoms with E-state index in [1.807, 2.05) is 69.8 Å². The van der Waals surface area contributed by atoms with Gasteiger partial charge in [0.1, 0.15) is 30.1 Å². The topological polar surface area (TPSA) is 184 Å². The van der Waals surface area contributed by atoms with Crippen LogP contribution in [0.2, 0.25) is 0 Å². The molecule has 4 aliphatic heterocycles. The van der Waals surface area contributed by atoms with E-state index < -0.39 is 77.8 Å². The normalized spacial score (nSPS) is 39.7. The van der Waals surface area contributed by atoms with Crippen LogP contribution >= 0.6 is 11.8 Å². The van der Waals surface area contributed by atoms with Crippen LogP contribution in [0.15, 0.2) is 47.6 Å². The minimum atomic E-state index is -2.42. The van der Waals surface area contributed by atoms with Crippen LogP contribution in [0.3, 0.4) is 0 Å². The molecule has 4 heterocycles. The van der Waals surface area contributed by atoms with E-state index in [2.05, 4.69) is 6.92 Å². The van der Waals surface area contributed by atoms with Gasteiger partial charge in [-0.1, -0.05) is 71.1 Å². The van der Waals surface area contributed by atoms with Crippen molar-refractivity contribution < 1.29 is 62.6 Å². The summed E-state index contributed by atoms with van der Waals surface area (Å²) in [5.41, 5.74) is 1.17. The summed E-state index contributed by atoms with van der Waals surface area (Å²) in [6, 6.07) is -1.12. The fourth-order valence-corrected chi connectivity index (χ4v) is 12.0. The summed E-state index contributed by atoms with van der Waals surface area (Å²) >= 11 is 1.88. The standard InChI is InChI=1S/C56H87NO13S/c1-34-17-13-12-14-18-35(2)46(65-9)30-42-24-21-40(7)56(64,69-42)52(61)53(62)57-26-16-15-19-43(57)54(63)68-47(31-44(58)37(4)28-39(6)50(60)51(67-11)49(59)38(5)27-34)36(3)20-22-41-23-25-45(48(29-41)66-10)70-55(8)32-71-33-55/h12-14,17-18,28,34,36-38,40-43,45-48,50-51,60,64H,15-16,19-27,29-33H2,1-11H3/b14-12+,17-13+,35-18+,39-28+/t34-,36-,37-,38-,40-,41-,42+,43+,45-,46+,47+,48-,50-,51+,56-/m1/s1. The number of carbonyl (C=O) groups excluding carboxylic acids is 5. The van der Waals surface area contributed by atoms with E-state index in [0.717, 1.165) is 42.8 Å². The second-order valence-electron chi connectivity index (χ2n) is 22.0. The first-order valence-corrected chi connectivity index (χ1v) is 27.5. The number of allylic oxidation sites excluding steroid dienone is 6. The zero-order valence-electron chi connectivity index (χ0n) is 44.6. The van der Waals surface area contributed by atoms with Crippen LogP contribution in [-0.2, 0) is 52.4 Å². The van der Waals surface area contributed by atoms with Gasteiger partial charge in [0, 0.05) is 70.0 Å². The molecule has 0 aromatic rings. The third kappa shape index (κ3) is 15.5. The van der Waals surface area contributed by atoms with Crippen molar-refractivity contribution in [3.63, 3.8) is 0 Å². The zero-order chi connectivity index (χ0) is 52.2. The molecule has 1 saturated carbocycles. The van der Waals surface area contributed by atoms with Crippen molar-refractivity contribution in [2.75, 3.05) is 39.4 Å². The van der Waals surface area contributed by atoms with Gasteiger partial charge in [0.2, 0.25) is 5.79 Å². The number of ether oxygens (including phenoxy) is 6. The van der Waals surface area contributed by atoms with Gasteiger partial charge in [0.05, 0.1) is 30.0 Å². The monoisotopic (exact) mass is 1010 g/mol. The highest BCUT2D eigenvalue weighted by Gasteiger charge is 2.53. The number of Topliss-reactive ketones (excluding diaryl/α,β-unsaturated/α-hetero) is 3. The number of amides is 1. The lowest BCUT2D eigenvalue weighted by Gasteiger charge is -2.44. The molecule has 3 saturated heterocycles. The number of piperidine rings is 1. The minimum absolute atomic E-state index is 0.0218. The van der Waals surface area contributed by atoms with E-state index in [9.17, 15) is 34.2 Å². The van der Waals surface area contributed by atoms with Crippen LogP contribution in [0, 0.1) is 35.5 Å². The van der Waals surface area contributed by atoms with Crippen LogP contribution in [0.5, 0.6) is 0 Å². The van der Waals surface area contributed by atoms with Crippen molar-refractivity contribution in [3.8, 4) is 0 Å². The molecular formula is C56H87NO13S. The van der Waals surface area contributed by atoms with Gasteiger partial charge in [-0.2, -0.15) is 11.8 Å². The highest BCUT2D eigenvalue weighted by atomic mass is 32.2. The van der Waals surface area contributed by atoms with Crippen LogP contribution in [0.25, 0.3) is 0 Å². The molecule has 14 nitrogen and oxygen atoms in total. The lowest BCUT2D eigenvalue weighted by Crippen LogP contribution is -2.61. The number of cyclic esters (lactones) is 1. The Hall–Kier alpha value is -3.02. The van der Waals surface area contributed by atoms with Crippen LogP contribution in [-0.4, -0.2) is 144 Å². The molecular weight excluding hydrogens is 927 g/mol. The first-order chi connectivity index (χ1) is 33.6. The Balaban J connectivity index is 1.43. The van der Waals surface area contributed by atoms with Gasteiger partial charge in [-0.15, -0.1) is 0 Å². The molecule has 4 fully saturated rings. The second-order valence-corrected chi connectivity index (χ2v) is 22.9. The smallest absolute Gasteiger partial charge is 0.329 e. The Morgan fingerprint density at radius 2 is 1.59 bits per heavy atom. The molecule has 5 rings (SSSR count). The van der Waals surface area contributed by atoms with Crippen LogP contribution in [0.4, 0.5) is 0 Å². The summed E-state index contributed by atoms with van der Waals surface area (Å²) in [5, 5.41) is 23.5. The quantitative estimate of drug-likeness (QED) is 0.128. The van der Waals surface area contributed by atoms with E-state index in [1.165, 1.54) is 12.0 Å². The van der Waals surface area contributed by atoms with Crippen LogP contribution in [0.1, 0.15) is 139 Å². The lowest BCUT2D eigenvalue weighted by atomic mass is 9.80. The molecule has 0 unspecified atom stereocenters. The van der Waals surface area contributed by atoms with Gasteiger partial charge in [0.25, 0.3) is 11.7 Å². The predicted molar refractivity (Wildman–Crippen MR) is 274 cm³/mol. The number of fused-ring (bicyclic) bond motifs is 3. The Morgan fingerprint density at radius 3 is 2.25 bits per heavy atom. The van der Waals surface area contributed by atoms with Crippen molar-refractivity contribution in [1.82, 2.24) is 4.90 Å². The molecule has 0 spiro atoms. The molecule has 0 radical (unpaired) electrons. The number of hydrogen-bond acceptors (Lipinski definition) is 14. The van der Waals surface area contributed by atoms with Crippen molar-refractivity contribution >= 4 is 41.0 Å². The van der Waals surface area contributed by atoms with Crippen molar-refractivity contribution in [3.05, 3.63) is 47.6 Å². The Bertz CT molecular complexity index is 1950. The maximum atomic E-state index is 14.5. The van der Waals surface area contributed by atoms with E-state index in [1.54, 1.807) is 41.1 Å². The van der Waals surface area contributed by atoms with Crippen LogP contribution < -0.4 is 0 Å². The number of esters is 1. The predicted octanol–water partition coefficient (Wildman–Crippen LogP) is 8.10. The van der Waals surface area contributed by atoms with Gasteiger partial charge in [-0.3, -0.25) is 19.2 Å². The largest absolute Gasteiger partial charge is 0.460 e. The van der Waals surface area contributed by atoms with Gasteiger partial charge in [-0.25, -0.2) is 4.79 Å². The number of hydrogen-bond donors (Lipinski definition) is 2. The Kier molecular flexibility index (Phi) is 22.4. The van der Waals surface area contributed by atoms with E-state index >= 15 is 0 Å². The fourth-order valence-electron chi connectivity index (χ4n) is 11.1. The number of aliphatic hydroxyl groups excluding tert-OH is 1. The second kappa shape index (κ2) is 27.0. The molecule has 1 amide bonds. The van der Waals surface area contributed by atoms with E-state index in [4.69, 9.17) is 28.4 Å². The summed E-state index contributed by atoms with van der Waals surface area (Å²) < 4.78 is 36.5. The average molecular weight is 1010 g/mol. The number of aliphatic hydroxyl groups is 2. The number of thioether (sulfide) groups is 1.